The molecule has 0 aromatic carbocycles. The van der Waals surface area contributed by atoms with Crippen molar-refractivity contribution in [2.45, 2.75) is 33.3 Å². The first-order valence-corrected chi connectivity index (χ1v) is 6.90. The van der Waals surface area contributed by atoms with Crippen LogP contribution in [0.2, 0.25) is 0 Å². The molecule has 0 radical (unpaired) electrons. The molecule has 0 saturated heterocycles. The topological polar surface area (TPSA) is 84.1 Å². The summed E-state index contributed by atoms with van der Waals surface area (Å²) in [6.07, 6.45) is 2.67. The number of nitrogens with zero attached hydrogens (tertiary/aromatic N) is 1. The lowest BCUT2D eigenvalue weighted by Gasteiger charge is -2.20. The molecule has 2 heterocycles. The van der Waals surface area contributed by atoms with E-state index in [4.69, 9.17) is 4.74 Å². The molecule has 2 aromatic heterocycles. The van der Waals surface area contributed by atoms with Crippen molar-refractivity contribution < 1.29 is 9.53 Å². The van der Waals surface area contributed by atoms with Gasteiger partial charge in [-0.15, -0.1) is 0 Å². The number of H-pyrrole nitrogens is 1. The summed E-state index contributed by atoms with van der Waals surface area (Å²) >= 11 is 0. The molecule has 0 unspecified atom stereocenters. The summed E-state index contributed by atoms with van der Waals surface area (Å²) in [5.74, 6) is 0. The van der Waals surface area contributed by atoms with Crippen LogP contribution in [-0.4, -0.2) is 21.7 Å². The summed E-state index contributed by atoms with van der Waals surface area (Å²) < 4.78 is 5.24. The normalized spacial score (nSPS) is 11.1. The average molecular weight is 301 g/mol. The van der Waals surface area contributed by atoms with Gasteiger partial charge in [-0.2, -0.15) is 0 Å². The lowest BCUT2D eigenvalue weighted by Crippen LogP contribution is -2.27. The summed E-state index contributed by atoms with van der Waals surface area (Å²) in [5, 5.41) is 2.70. The molecule has 0 aliphatic carbocycles. The predicted octanol–water partition coefficient (Wildman–Crippen LogP) is 3.09. The van der Waals surface area contributed by atoms with E-state index in [2.05, 4.69) is 15.3 Å². The molecule has 2 N–H and O–H groups in total. The molecular weight excluding hydrogens is 282 g/mol. The standard InChI is InChI=1S/C16H19N3O3/c1-10-9-18-13(11-5-6-17-14(20)7-11)8-12(10)19-15(21)22-16(2,3)4/h5-9H,1-4H3,(H,17,20)(H,18,19,21). The second kappa shape index (κ2) is 6.01. The molecule has 0 bridgehead atoms. The number of ether oxygens (including phenoxy) is 1. The van der Waals surface area contributed by atoms with Gasteiger partial charge in [0.2, 0.25) is 5.56 Å². The van der Waals surface area contributed by atoms with Gasteiger partial charge >= 0.3 is 6.09 Å². The maximum absolute atomic E-state index is 11.9. The lowest BCUT2D eigenvalue weighted by molar-refractivity contribution is 0.0636. The fourth-order valence-electron chi connectivity index (χ4n) is 1.83. The fourth-order valence-corrected chi connectivity index (χ4v) is 1.83. The third-order valence-electron chi connectivity index (χ3n) is 2.81. The first kappa shape index (κ1) is 15.8. The number of nitrogens with one attached hydrogen (secondary N) is 2. The van der Waals surface area contributed by atoms with E-state index in [1.165, 1.54) is 6.07 Å². The van der Waals surface area contributed by atoms with E-state index in [-0.39, 0.29) is 5.56 Å². The minimum atomic E-state index is -0.569. The van der Waals surface area contributed by atoms with Crippen LogP contribution >= 0.6 is 0 Å². The Morgan fingerprint density at radius 1 is 1.32 bits per heavy atom. The van der Waals surface area contributed by atoms with Crippen LogP contribution in [0.1, 0.15) is 26.3 Å². The number of aromatic nitrogens is 2. The Labute approximate surface area is 128 Å². The van der Waals surface area contributed by atoms with Crippen LogP contribution in [0.25, 0.3) is 11.3 Å². The van der Waals surface area contributed by atoms with Gasteiger partial charge in [0.25, 0.3) is 0 Å². The highest BCUT2D eigenvalue weighted by atomic mass is 16.6. The summed E-state index contributed by atoms with van der Waals surface area (Å²) in [7, 11) is 0. The Bertz CT molecular complexity index is 745. The fraction of sp³-hybridized carbons (Fsp3) is 0.312. The van der Waals surface area contributed by atoms with Crippen LogP contribution in [-0.2, 0) is 4.74 Å². The van der Waals surface area contributed by atoms with E-state index in [9.17, 15) is 9.59 Å². The molecule has 0 spiro atoms. The number of rotatable bonds is 2. The van der Waals surface area contributed by atoms with Crippen LogP contribution in [0.15, 0.2) is 35.4 Å². The minimum absolute atomic E-state index is 0.207. The van der Waals surface area contributed by atoms with E-state index in [1.54, 1.807) is 45.3 Å². The third kappa shape index (κ3) is 4.18. The highest BCUT2D eigenvalue weighted by molar-refractivity contribution is 5.86. The Hall–Kier alpha value is -2.63. The zero-order chi connectivity index (χ0) is 16.3. The molecule has 0 fully saturated rings. The molecule has 0 aliphatic rings. The van der Waals surface area contributed by atoms with Crippen molar-refractivity contribution in [2.75, 3.05) is 5.32 Å². The van der Waals surface area contributed by atoms with Crippen LogP contribution in [0.4, 0.5) is 10.5 Å². The number of aryl methyl sites for hydroxylation is 1. The van der Waals surface area contributed by atoms with Gasteiger partial charge in [-0.1, -0.05) is 0 Å². The number of anilines is 1. The Balaban J connectivity index is 2.28. The molecule has 22 heavy (non-hydrogen) atoms. The molecule has 0 saturated carbocycles. The van der Waals surface area contributed by atoms with Crippen molar-refractivity contribution in [1.29, 1.82) is 0 Å². The molecule has 6 heteroatoms. The van der Waals surface area contributed by atoms with Crippen molar-refractivity contribution in [3.63, 3.8) is 0 Å². The van der Waals surface area contributed by atoms with Crippen molar-refractivity contribution in [2.24, 2.45) is 0 Å². The second-order valence-electron chi connectivity index (χ2n) is 5.95. The zero-order valence-electron chi connectivity index (χ0n) is 13.1. The monoisotopic (exact) mass is 301 g/mol. The number of pyridine rings is 2. The van der Waals surface area contributed by atoms with Gasteiger partial charge in [0, 0.05) is 24.0 Å². The van der Waals surface area contributed by atoms with Crippen molar-refractivity contribution >= 4 is 11.8 Å². The van der Waals surface area contributed by atoms with E-state index in [0.717, 1.165) is 5.56 Å². The van der Waals surface area contributed by atoms with Crippen LogP contribution in [0.5, 0.6) is 0 Å². The lowest BCUT2D eigenvalue weighted by atomic mass is 10.1. The molecule has 6 nitrogen and oxygen atoms in total. The predicted molar refractivity (Wildman–Crippen MR) is 84.9 cm³/mol. The number of aromatic amines is 1. The zero-order valence-corrected chi connectivity index (χ0v) is 13.1. The van der Waals surface area contributed by atoms with Gasteiger partial charge in [-0.3, -0.25) is 15.1 Å². The second-order valence-corrected chi connectivity index (χ2v) is 5.95. The van der Waals surface area contributed by atoms with E-state index in [1.807, 2.05) is 6.92 Å². The highest BCUT2D eigenvalue weighted by Gasteiger charge is 2.17. The molecule has 0 atom stereocenters. The molecule has 2 aromatic rings. The third-order valence-corrected chi connectivity index (χ3v) is 2.81. The number of carbonyl (C=O) groups excluding carboxylic acids is 1. The highest BCUT2D eigenvalue weighted by Crippen LogP contribution is 2.22. The summed E-state index contributed by atoms with van der Waals surface area (Å²) in [6, 6.07) is 4.92. The van der Waals surface area contributed by atoms with E-state index >= 15 is 0 Å². The first-order valence-electron chi connectivity index (χ1n) is 6.90. The SMILES string of the molecule is Cc1cnc(-c2cc[nH]c(=O)c2)cc1NC(=O)OC(C)(C)C. The largest absolute Gasteiger partial charge is 0.444 e. The van der Waals surface area contributed by atoms with E-state index < -0.39 is 11.7 Å². The van der Waals surface area contributed by atoms with Gasteiger partial charge in [0.05, 0.1) is 11.4 Å². The molecule has 1 amide bonds. The van der Waals surface area contributed by atoms with Gasteiger partial charge in [0.15, 0.2) is 0 Å². The summed E-state index contributed by atoms with van der Waals surface area (Å²) in [6.45, 7) is 7.23. The quantitative estimate of drug-likeness (QED) is 0.892. The van der Waals surface area contributed by atoms with Gasteiger partial charge in [0.1, 0.15) is 5.60 Å². The Morgan fingerprint density at radius 3 is 2.68 bits per heavy atom. The maximum atomic E-state index is 11.9. The van der Waals surface area contributed by atoms with Crippen LogP contribution < -0.4 is 10.9 Å². The Kier molecular flexibility index (Phi) is 4.30. The van der Waals surface area contributed by atoms with Crippen molar-refractivity contribution in [1.82, 2.24) is 9.97 Å². The number of hydrogen-bond donors (Lipinski definition) is 2. The molecule has 0 aliphatic heterocycles. The Morgan fingerprint density at radius 2 is 2.05 bits per heavy atom. The van der Waals surface area contributed by atoms with Crippen molar-refractivity contribution in [3.8, 4) is 11.3 Å². The van der Waals surface area contributed by atoms with Crippen molar-refractivity contribution in [3.05, 3.63) is 46.5 Å². The number of amides is 1. The van der Waals surface area contributed by atoms with Gasteiger partial charge in [-0.05, 0) is 45.4 Å². The molecular formula is C16H19N3O3. The first-order chi connectivity index (χ1) is 10.2. The molecule has 2 rings (SSSR count). The van der Waals surface area contributed by atoms with Crippen LogP contribution in [0, 0.1) is 6.92 Å². The number of hydrogen-bond acceptors (Lipinski definition) is 4. The van der Waals surface area contributed by atoms with Gasteiger partial charge < -0.3 is 9.72 Å². The smallest absolute Gasteiger partial charge is 0.412 e. The van der Waals surface area contributed by atoms with Crippen LogP contribution in [0.3, 0.4) is 0 Å². The maximum Gasteiger partial charge on any atom is 0.412 e. The minimum Gasteiger partial charge on any atom is -0.444 e. The molecule has 116 valence electrons. The average Bonchev–Trinajstić information content (AvgIpc) is 2.39. The summed E-state index contributed by atoms with van der Waals surface area (Å²) in [5.41, 5.74) is 1.90. The van der Waals surface area contributed by atoms with E-state index in [0.29, 0.717) is 16.9 Å². The van der Waals surface area contributed by atoms with Gasteiger partial charge in [-0.25, -0.2) is 4.79 Å². The summed E-state index contributed by atoms with van der Waals surface area (Å²) in [4.78, 5) is 30.1. The number of carbonyl (C=O) groups is 1.